The number of nitrogens with zero attached hydrogens (tertiary/aromatic N) is 1. The summed E-state index contributed by atoms with van der Waals surface area (Å²) < 4.78 is 5.46. The number of aliphatic hydroxyl groups is 1. The Morgan fingerprint density at radius 1 is 1.62 bits per heavy atom. The van der Waals surface area contributed by atoms with Crippen LogP contribution in [0.1, 0.15) is 0 Å². The Hall–Kier alpha value is -1.22. The molecule has 1 aromatic carbocycles. The molecule has 0 aromatic heterocycles. The van der Waals surface area contributed by atoms with Gasteiger partial charge in [0.15, 0.2) is 0 Å². The van der Waals surface area contributed by atoms with Gasteiger partial charge in [-0.15, -0.1) is 0 Å². The Kier molecular flexibility index (Phi) is 2.36. The van der Waals surface area contributed by atoms with Crippen LogP contribution in [0.5, 0.6) is 5.75 Å². The molecule has 0 atom stereocenters. The zero-order valence-corrected chi connectivity index (χ0v) is 7.36. The van der Waals surface area contributed by atoms with Gasteiger partial charge >= 0.3 is 0 Å². The van der Waals surface area contributed by atoms with E-state index in [4.69, 9.17) is 9.84 Å². The van der Waals surface area contributed by atoms with E-state index in [2.05, 4.69) is 11.0 Å². The van der Waals surface area contributed by atoms with E-state index < -0.39 is 0 Å². The molecule has 0 spiro atoms. The van der Waals surface area contributed by atoms with Gasteiger partial charge in [0.25, 0.3) is 0 Å². The molecule has 1 aliphatic rings. The van der Waals surface area contributed by atoms with Gasteiger partial charge in [-0.05, 0) is 18.2 Å². The number of hydrogen-bond acceptors (Lipinski definition) is 3. The molecule has 1 aromatic rings. The SMILES string of the molecule is OCCN1CCOc2cc[c]cc21. The normalized spacial score (nSPS) is 15.0. The van der Waals surface area contributed by atoms with Crippen molar-refractivity contribution in [2.75, 3.05) is 31.2 Å². The number of hydrogen-bond donors (Lipinski definition) is 1. The zero-order valence-electron chi connectivity index (χ0n) is 7.36. The molecule has 13 heavy (non-hydrogen) atoms. The first-order chi connectivity index (χ1) is 6.42. The predicted octanol–water partition coefficient (Wildman–Crippen LogP) is 0.678. The average molecular weight is 178 g/mol. The second kappa shape index (κ2) is 3.66. The summed E-state index contributed by atoms with van der Waals surface area (Å²) in [5, 5.41) is 8.85. The summed E-state index contributed by atoms with van der Waals surface area (Å²) in [6.07, 6.45) is 0. The van der Waals surface area contributed by atoms with Crippen LogP contribution in [0.3, 0.4) is 0 Å². The average Bonchev–Trinajstić information content (AvgIpc) is 2.19. The highest BCUT2D eigenvalue weighted by atomic mass is 16.5. The Morgan fingerprint density at radius 2 is 2.54 bits per heavy atom. The smallest absolute Gasteiger partial charge is 0.142 e. The van der Waals surface area contributed by atoms with E-state index in [9.17, 15) is 0 Å². The van der Waals surface area contributed by atoms with Crippen molar-refractivity contribution in [3.8, 4) is 5.75 Å². The fraction of sp³-hybridized carbons (Fsp3) is 0.400. The van der Waals surface area contributed by atoms with E-state index in [1.54, 1.807) is 0 Å². The molecule has 0 bridgehead atoms. The second-order valence-electron chi connectivity index (χ2n) is 2.95. The van der Waals surface area contributed by atoms with E-state index >= 15 is 0 Å². The summed E-state index contributed by atoms with van der Waals surface area (Å²) in [6, 6.07) is 8.63. The number of rotatable bonds is 2. The van der Waals surface area contributed by atoms with Gasteiger partial charge in [0, 0.05) is 6.54 Å². The first-order valence-electron chi connectivity index (χ1n) is 4.40. The fourth-order valence-corrected chi connectivity index (χ4v) is 1.52. The molecule has 0 saturated carbocycles. The quantitative estimate of drug-likeness (QED) is 0.722. The van der Waals surface area contributed by atoms with Gasteiger partial charge in [0.05, 0.1) is 18.8 Å². The highest BCUT2D eigenvalue weighted by molar-refractivity contribution is 5.59. The van der Waals surface area contributed by atoms with E-state index in [0.717, 1.165) is 18.0 Å². The van der Waals surface area contributed by atoms with Gasteiger partial charge in [-0.3, -0.25) is 0 Å². The molecule has 3 heteroatoms. The highest BCUT2D eigenvalue weighted by Crippen LogP contribution is 2.30. The van der Waals surface area contributed by atoms with Crippen LogP contribution in [0.25, 0.3) is 0 Å². The van der Waals surface area contributed by atoms with Crippen LogP contribution in [-0.2, 0) is 0 Å². The third-order valence-corrected chi connectivity index (χ3v) is 2.13. The largest absolute Gasteiger partial charge is 0.490 e. The predicted molar refractivity (Wildman–Crippen MR) is 50.1 cm³/mol. The van der Waals surface area contributed by atoms with Crippen LogP contribution in [0, 0.1) is 6.07 Å². The molecule has 1 N–H and O–H groups in total. The van der Waals surface area contributed by atoms with Crippen molar-refractivity contribution in [1.29, 1.82) is 0 Å². The maximum Gasteiger partial charge on any atom is 0.142 e. The second-order valence-corrected chi connectivity index (χ2v) is 2.95. The number of ether oxygens (including phenoxy) is 1. The standard InChI is InChI=1S/C10H12NO2/c12-7-5-11-6-8-13-10-4-2-1-3-9(10)11/h2-4,12H,5-8H2. The lowest BCUT2D eigenvalue weighted by atomic mass is 10.2. The van der Waals surface area contributed by atoms with Crippen LogP contribution in [-0.4, -0.2) is 31.4 Å². The van der Waals surface area contributed by atoms with Crippen LogP contribution in [0.4, 0.5) is 5.69 Å². The molecule has 0 fully saturated rings. The molecule has 1 radical (unpaired) electrons. The maximum absolute atomic E-state index is 8.85. The Morgan fingerprint density at radius 3 is 3.38 bits per heavy atom. The van der Waals surface area contributed by atoms with Crippen molar-refractivity contribution < 1.29 is 9.84 Å². The van der Waals surface area contributed by atoms with Crippen molar-refractivity contribution in [3.63, 3.8) is 0 Å². The topological polar surface area (TPSA) is 32.7 Å². The van der Waals surface area contributed by atoms with Crippen molar-refractivity contribution >= 4 is 5.69 Å². The summed E-state index contributed by atoms with van der Waals surface area (Å²) in [5.74, 6) is 0.887. The molecule has 0 unspecified atom stereocenters. The number of fused-ring (bicyclic) bond motifs is 1. The van der Waals surface area contributed by atoms with E-state index in [-0.39, 0.29) is 6.61 Å². The molecule has 69 valence electrons. The Balaban J connectivity index is 2.26. The molecule has 0 amide bonds. The molecule has 3 nitrogen and oxygen atoms in total. The zero-order chi connectivity index (χ0) is 9.10. The van der Waals surface area contributed by atoms with Gasteiger partial charge in [-0.2, -0.15) is 0 Å². The lowest BCUT2D eigenvalue weighted by Crippen LogP contribution is -2.34. The minimum atomic E-state index is 0.175. The molecule has 0 aliphatic carbocycles. The molecule has 2 rings (SSSR count). The molecular formula is C10H12NO2. The van der Waals surface area contributed by atoms with Crippen molar-refractivity contribution in [1.82, 2.24) is 0 Å². The van der Waals surface area contributed by atoms with E-state index in [1.165, 1.54) is 0 Å². The number of benzene rings is 1. The Bertz CT molecular complexity index is 288. The highest BCUT2D eigenvalue weighted by Gasteiger charge is 2.15. The maximum atomic E-state index is 8.85. The van der Waals surface area contributed by atoms with E-state index in [1.807, 2.05) is 18.2 Å². The van der Waals surface area contributed by atoms with Crippen LogP contribution in [0.2, 0.25) is 0 Å². The van der Waals surface area contributed by atoms with Gasteiger partial charge in [0.1, 0.15) is 12.4 Å². The van der Waals surface area contributed by atoms with Crippen LogP contribution >= 0.6 is 0 Å². The van der Waals surface area contributed by atoms with Gasteiger partial charge in [0.2, 0.25) is 0 Å². The number of anilines is 1. The Labute approximate surface area is 77.6 Å². The summed E-state index contributed by atoms with van der Waals surface area (Å²) in [6.45, 7) is 2.37. The van der Waals surface area contributed by atoms with Crippen LogP contribution in [0.15, 0.2) is 18.2 Å². The lowest BCUT2D eigenvalue weighted by Gasteiger charge is -2.30. The van der Waals surface area contributed by atoms with E-state index in [0.29, 0.717) is 13.2 Å². The molecule has 1 aliphatic heterocycles. The first kappa shape index (κ1) is 8.38. The van der Waals surface area contributed by atoms with Gasteiger partial charge < -0.3 is 14.7 Å². The summed E-state index contributed by atoms with van der Waals surface area (Å²) in [5.41, 5.74) is 1.03. The summed E-state index contributed by atoms with van der Waals surface area (Å²) in [7, 11) is 0. The fourth-order valence-electron chi connectivity index (χ4n) is 1.52. The molecular weight excluding hydrogens is 166 g/mol. The molecule has 0 saturated heterocycles. The number of aliphatic hydroxyl groups excluding tert-OH is 1. The van der Waals surface area contributed by atoms with Gasteiger partial charge in [-0.1, -0.05) is 6.07 Å². The first-order valence-corrected chi connectivity index (χ1v) is 4.40. The van der Waals surface area contributed by atoms with Crippen molar-refractivity contribution in [2.45, 2.75) is 0 Å². The van der Waals surface area contributed by atoms with Crippen LogP contribution < -0.4 is 9.64 Å². The van der Waals surface area contributed by atoms with Crippen molar-refractivity contribution in [3.05, 3.63) is 24.3 Å². The third-order valence-electron chi connectivity index (χ3n) is 2.13. The number of β-amino-alcohol motifs (C(OH)–C–C–N with tert-alkyl or cyclic N) is 1. The van der Waals surface area contributed by atoms with Crippen molar-refractivity contribution in [2.24, 2.45) is 0 Å². The summed E-state index contributed by atoms with van der Waals surface area (Å²) in [4.78, 5) is 2.11. The summed E-state index contributed by atoms with van der Waals surface area (Å²) >= 11 is 0. The minimum absolute atomic E-state index is 0.175. The third kappa shape index (κ3) is 1.60. The monoisotopic (exact) mass is 178 g/mol. The minimum Gasteiger partial charge on any atom is -0.490 e. The van der Waals surface area contributed by atoms with Gasteiger partial charge in [-0.25, -0.2) is 0 Å². The lowest BCUT2D eigenvalue weighted by molar-refractivity contribution is 0.278. The molecule has 1 heterocycles.